The fourth-order valence-electron chi connectivity index (χ4n) is 6.12. The summed E-state index contributed by atoms with van der Waals surface area (Å²) in [5.41, 5.74) is 1.54. The van der Waals surface area contributed by atoms with Gasteiger partial charge in [-0.3, -0.25) is 9.59 Å². The molecule has 268 valence electrons. The number of carbonyl (C=O) groups is 3. The lowest BCUT2D eigenvalue weighted by Gasteiger charge is -2.28. The molecular formula is C30H53N7O6S4. The molecule has 3 aliphatic rings. The van der Waals surface area contributed by atoms with E-state index in [1.165, 1.54) is 7.11 Å². The molecule has 1 unspecified atom stereocenters. The average molecular weight is 736 g/mol. The lowest BCUT2D eigenvalue weighted by molar-refractivity contribution is -0.137. The zero-order valence-electron chi connectivity index (χ0n) is 27.6. The van der Waals surface area contributed by atoms with Crippen LogP contribution < -0.4 is 5.32 Å². The number of rotatable bonds is 5. The van der Waals surface area contributed by atoms with Crippen LogP contribution in [0, 0.1) is 11.8 Å². The molecule has 2 fully saturated rings. The van der Waals surface area contributed by atoms with E-state index >= 15 is 0 Å². The van der Waals surface area contributed by atoms with Gasteiger partial charge in [0.2, 0.25) is 11.8 Å². The molecule has 47 heavy (non-hydrogen) atoms. The van der Waals surface area contributed by atoms with Crippen molar-refractivity contribution in [1.82, 2.24) is 35.1 Å². The Balaban J connectivity index is 0.00000276. The van der Waals surface area contributed by atoms with Crippen molar-refractivity contribution in [3.63, 3.8) is 0 Å². The van der Waals surface area contributed by atoms with Gasteiger partial charge in [-0.15, -0.1) is 0 Å². The normalized spacial score (nSPS) is 23.9. The first-order valence-electron chi connectivity index (χ1n) is 15.5. The number of fused-ring (bicyclic) bond motifs is 4. The monoisotopic (exact) mass is 735 g/mol. The highest BCUT2D eigenvalue weighted by molar-refractivity contribution is 7.59. The number of likely N-dealkylation sites (tertiary alicyclic amines) is 1. The average Bonchev–Trinajstić information content (AvgIpc) is 3.82. The third-order valence-electron chi connectivity index (χ3n) is 8.92. The van der Waals surface area contributed by atoms with E-state index in [0.717, 1.165) is 55.9 Å². The number of hydrogen-bond acceptors (Lipinski definition) is 8. The van der Waals surface area contributed by atoms with E-state index in [4.69, 9.17) is 19.2 Å². The van der Waals surface area contributed by atoms with Crippen LogP contribution >= 0.6 is 54.0 Å². The van der Waals surface area contributed by atoms with Gasteiger partial charge in [0.15, 0.2) is 0 Å². The van der Waals surface area contributed by atoms with Crippen molar-refractivity contribution in [3.8, 4) is 0 Å². The summed E-state index contributed by atoms with van der Waals surface area (Å²) in [6, 6.07) is -1.22. The lowest BCUT2D eigenvalue weighted by Crippen LogP contribution is -2.50. The van der Waals surface area contributed by atoms with E-state index in [9.17, 15) is 14.4 Å². The summed E-state index contributed by atoms with van der Waals surface area (Å²) in [5.74, 6) is 1.58. The zero-order valence-corrected chi connectivity index (χ0v) is 31.6. The highest BCUT2D eigenvalue weighted by atomic mass is 32.1. The molecule has 2 aromatic heterocycles. The summed E-state index contributed by atoms with van der Waals surface area (Å²) in [6.45, 7) is 8.38. The lowest BCUT2D eigenvalue weighted by atomic mass is 9.96. The van der Waals surface area contributed by atoms with Gasteiger partial charge in [-0.05, 0) is 44.4 Å². The van der Waals surface area contributed by atoms with Crippen molar-refractivity contribution in [2.24, 2.45) is 11.8 Å². The molecule has 5 heterocycles. The zero-order chi connectivity index (χ0) is 30.5. The number of carbonyl (C=O) groups excluding carboxylic acids is 3. The quantitative estimate of drug-likeness (QED) is 0.419. The summed E-state index contributed by atoms with van der Waals surface area (Å²) in [6.07, 6.45) is 7.20. The Bertz CT molecular complexity index is 1280. The van der Waals surface area contributed by atoms with Crippen LogP contribution in [0.3, 0.4) is 0 Å². The van der Waals surface area contributed by atoms with Gasteiger partial charge in [0, 0.05) is 32.2 Å². The van der Waals surface area contributed by atoms with Crippen LogP contribution in [0.25, 0.3) is 0 Å². The summed E-state index contributed by atoms with van der Waals surface area (Å²) >= 11 is 0. The largest absolute Gasteiger partial charge is 0.453 e. The van der Waals surface area contributed by atoms with Crippen molar-refractivity contribution in [3.05, 3.63) is 35.4 Å². The first kappa shape index (κ1) is 43.0. The fraction of sp³-hybridized carbons (Fsp3) is 0.700. The smallest absolute Gasteiger partial charge is 0.407 e. The van der Waals surface area contributed by atoms with Crippen LogP contribution in [0.2, 0.25) is 0 Å². The Labute approximate surface area is 305 Å². The first-order chi connectivity index (χ1) is 20.8. The minimum Gasteiger partial charge on any atom is -0.453 e. The topological polar surface area (TPSA) is 155 Å². The standard InChI is InChI=1S/C30H45N7O6.4H2S/c1-18(2)19(3)28(38)36-11-7-9-23(36)26-31-15-20(33-26)25-21-16-32-27(34-21)24-10-8-12-37(24)29(39)22(35-30(40)41-4)17-42-13-5-6-14-43-25;;;;/h15-16,18-19,22-25H,5-14,17H2,1-4H3,(H,31,33)(H,32,34)(H,35,40);4*1H2/t19-,22-,23-,24-,25?;;;;/m0..../s1. The molecule has 0 spiro atoms. The van der Waals surface area contributed by atoms with Gasteiger partial charge in [0.05, 0.1) is 49.6 Å². The SMILES string of the molecule is COC(=O)N[C@H]1COCCCCOC(c2cnc([C@@H]3CCCN3C(=O)[C@@H](C)C(C)C)[nH]2)c2cnc([nH]2)[C@@H]2CCCN2C1=O.S.S.S.S. The molecule has 0 aromatic carbocycles. The van der Waals surface area contributed by atoms with Gasteiger partial charge in [-0.1, -0.05) is 20.8 Å². The van der Waals surface area contributed by atoms with E-state index in [1.807, 2.05) is 11.8 Å². The van der Waals surface area contributed by atoms with Crippen molar-refractivity contribution < 1.29 is 28.6 Å². The number of nitrogens with zero attached hydrogens (tertiary/aromatic N) is 4. The van der Waals surface area contributed by atoms with E-state index in [0.29, 0.717) is 32.0 Å². The molecular weight excluding hydrogens is 683 g/mol. The van der Waals surface area contributed by atoms with Gasteiger partial charge in [-0.2, -0.15) is 54.0 Å². The van der Waals surface area contributed by atoms with E-state index in [2.05, 4.69) is 34.1 Å². The number of imidazole rings is 2. The minimum absolute atomic E-state index is 0. The second-order valence-corrected chi connectivity index (χ2v) is 12.1. The number of ether oxygens (including phenoxy) is 3. The second-order valence-electron chi connectivity index (χ2n) is 12.1. The summed E-state index contributed by atoms with van der Waals surface area (Å²) in [7, 11) is 1.27. The van der Waals surface area contributed by atoms with Gasteiger partial charge in [0.1, 0.15) is 23.8 Å². The van der Waals surface area contributed by atoms with Crippen LogP contribution in [0.15, 0.2) is 12.4 Å². The maximum absolute atomic E-state index is 13.6. The van der Waals surface area contributed by atoms with Gasteiger partial charge >= 0.3 is 6.09 Å². The molecule has 13 nitrogen and oxygen atoms in total. The molecule has 0 radical (unpaired) electrons. The van der Waals surface area contributed by atoms with Crippen molar-refractivity contribution in [2.75, 3.05) is 40.0 Å². The second kappa shape index (κ2) is 19.8. The van der Waals surface area contributed by atoms with Crippen LogP contribution in [0.5, 0.6) is 0 Å². The van der Waals surface area contributed by atoms with E-state index in [-0.39, 0.29) is 96.3 Å². The molecule has 0 aliphatic carbocycles. The Morgan fingerprint density at radius 1 is 0.915 bits per heavy atom. The van der Waals surface area contributed by atoms with Crippen LogP contribution in [0.4, 0.5) is 4.79 Å². The van der Waals surface area contributed by atoms with Gasteiger partial charge < -0.3 is 39.3 Å². The third kappa shape index (κ3) is 10.00. The number of aromatic amines is 2. The maximum Gasteiger partial charge on any atom is 0.407 e. The van der Waals surface area contributed by atoms with E-state index in [1.54, 1.807) is 17.3 Å². The fourth-order valence-corrected chi connectivity index (χ4v) is 6.12. The number of hydrogen-bond donors (Lipinski definition) is 3. The van der Waals surface area contributed by atoms with Crippen molar-refractivity contribution >= 4 is 71.9 Å². The Morgan fingerprint density at radius 2 is 1.51 bits per heavy atom. The van der Waals surface area contributed by atoms with Crippen molar-refractivity contribution in [1.29, 1.82) is 0 Å². The molecule has 3 N–H and O–H groups in total. The molecule has 3 aliphatic heterocycles. The Hall–Kier alpha value is -2.05. The highest BCUT2D eigenvalue weighted by Crippen LogP contribution is 2.36. The summed E-state index contributed by atoms with van der Waals surface area (Å²) in [5, 5.41) is 2.63. The third-order valence-corrected chi connectivity index (χ3v) is 8.92. The van der Waals surface area contributed by atoms with E-state index < -0.39 is 18.2 Å². The molecule has 3 amide bonds. The number of H-pyrrole nitrogens is 2. The highest BCUT2D eigenvalue weighted by Gasteiger charge is 2.38. The number of amides is 3. The Kier molecular flexibility index (Phi) is 18.1. The number of aromatic nitrogens is 4. The number of alkyl carbamates (subject to hydrolysis) is 1. The maximum atomic E-state index is 13.6. The van der Waals surface area contributed by atoms with Crippen LogP contribution in [0.1, 0.15) is 101 Å². The Morgan fingerprint density at radius 3 is 2.15 bits per heavy atom. The number of methoxy groups -OCH3 is 1. The molecule has 0 saturated carbocycles. The predicted molar refractivity (Wildman–Crippen MR) is 197 cm³/mol. The first-order valence-corrected chi connectivity index (χ1v) is 15.5. The predicted octanol–water partition coefficient (Wildman–Crippen LogP) is 3.84. The molecule has 2 aromatic rings. The van der Waals surface area contributed by atoms with Crippen LogP contribution in [-0.4, -0.2) is 93.7 Å². The molecule has 17 heteroatoms. The van der Waals surface area contributed by atoms with Crippen LogP contribution in [-0.2, 0) is 23.8 Å². The number of nitrogens with one attached hydrogen (secondary N) is 3. The van der Waals surface area contributed by atoms with Crippen molar-refractivity contribution in [2.45, 2.75) is 83.5 Å². The summed E-state index contributed by atoms with van der Waals surface area (Å²) < 4.78 is 17.0. The van der Waals surface area contributed by atoms with Gasteiger partial charge in [0.25, 0.3) is 0 Å². The van der Waals surface area contributed by atoms with Gasteiger partial charge in [-0.25, -0.2) is 14.8 Å². The summed E-state index contributed by atoms with van der Waals surface area (Å²) in [4.78, 5) is 58.8. The molecule has 5 rings (SSSR count). The molecule has 2 saturated heterocycles. The minimum atomic E-state index is -0.856. The molecule has 5 atom stereocenters. The molecule has 2 bridgehead atoms.